The number of carbonyl (C=O) groups excluding carboxylic acids is 2. The number of benzene rings is 1. The van der Waals surface area contributed by atoms with Gasteiger partial charge in [-0.1, -0.05) is 39.0 Å². The number of carbonyl (C=O) groups is 2. The van der Waals surface area contributed by atoms with Crippen molar-refractivity contribution in [2.24, 2.45) is 5.41 Å². The molecule has 0 aromatic heterocycles. The molecule has 0 bridgehead atoms. The molecule has 0 radical (unpaired) electrons. The summed E-state index contributed by atoms with van der Waals surface area (Å²) in [6.45, 7) is 9.87. The van der Waals surface area contributed by atoms with Crippen molar-refractivity contribution in [3.05, 3.63) is 35.9 Å². The van der Waals surface area contributed by atoms with E-state index in [1.807, 2.05) is 26.8 Å². The third-order valence-corrected chi connectivity index (χ3v) is 3.20. The molecule has 0 aliphatic carbocycles. The fraction of sp³-hybridized carbons (Fsp3) is 0.500. The molecular formula is C20H26O5. The highest BCUT2D eigenvalue weighted by atomic mass is 16.7. The first kappa shape index (κ1) is 20.9. The van der Waals surface area contributed by atoms with Crippen LogP contribution in [0, 0.1) is 17.3 Å². The molecular weight excluding hydrogens is 320 g/mol. The second kappa shape index (κ2) is 9.97. The topological polar surface area (TPSA) is 61.8 Å². The van der Waals surface area contributed by atoms with Crippen LogP contribution in [-0.4, -0.2) is 37.4 Å². The number of ether oxygens (including phenoxy) is 3. The first-order chi connectivity index (χ1) is 11.8. The van der Waals surface area contributed by atoms with E-state index >= 15 is 0 Å². The van der Waals surface area contributed by atoms with Gasteiger partial charge in [-0.15, -0.1) is 0 Å². The van der Waals surface area contributed by atoms with Crippen LogP contribution in [0.4, 0.5) is 0 Å². The zero-order valence-corrected chi connectivity index (χ0v) is 15.5. The molecule has 0 N–H and O–H groups in total. The summed E-state index contributed by atoms with van der Waals surface area (Å²) < 4.78 is 16.0. The van der Waals surface area contributed by atoms with Crippen molar-refractivity contribution in [2.75, 3.05) is 13.2 Å². The molecule has 0 spiro atoms. The average Bonchev–Trinajstić information content (AvgIpc) is 2.57. The predicted molar refractivity (Wildman–Crippen MR) is 94.9 cm³/mol. The largest absolute Gasteiger partial charge is 0.445 e. The van der Waals surface area contributed by atoms with E-state index in [1.54, 1.807) is 38.1 Å². The van der Waals surface area contributed by atoms with Crippen LogP contribution in [0.3, 0.4) is 0 Å². The lowest BCUT2D eigenvalue weighted by Gasteiger charge is -2.26. The summed E-state index contributed by atoms with van der Waals surface area (Å²) in [6.07, 6.45) is -1.76. The summed E-state index contributed by atoms with van der Waals surface area (Å²) >= 11 is 0. The molecule has 1 unspecified atom stereocenters. The Labute approximate surface area is 149 Å². The Bertz CT molecular complexity index is 613. The van der Waals surface area contributed by atoms with Gasteiger partial charge in [0.25, 0.3) is 5.78 Å². The summed E-state index contributed by atoms with van der Waals surface area (Å²) in [4.78, 5) is 24.4. The average molecular weight is 346 g/mol. The van der Waals surface area contributed by atoms with Gasteiger partial charge in [-0.25, -0.2) is 4.79 Å². The number of ketones is 1. The van der Waals surface area contributed by atoms with E-state index in [9.17, 15) is 9.59 Å². The van der Waals surface area contributed by atoms with Crippen LogP contribution < -0.4 is 0 Å². The van der Waals surface area contributed by atoms with E-state index < -0.39 is 29.6 Å². The minimum atomic E-state index is -1.02. The highest BCUT2D eigenvalue weighted by Gasteiger charge is 2.28. The molecule has 0 amide bonds. The van der Waals surface area contributed by atoms with E-state index in [2.05, 4.69) is 11.8 Å². The Morgan fingerprint density at radius 3 is 2.08 bits per heavy atom. The molecule has 0 aliphatic rings. The molecule has 25 heavy (non-hydrogen) atoms. The van der Waals surface area contributed by atoms with E-state index in [4.69, 9.17) is 14.2 Å². The summed E-state index contributed by atoms with van der Waals surface area (Å²) in [5.74, 6) is 4.28. The van der Waals surface area contributed by atoms with Gasteiger partial charge in [0.1, 0.15) is 0 Å². The first-order valence-electron chi connectivity index (χ1n) is 8.34. The van der Waals surface area contributed by atoms with Gasteiger partial charge in [-0.3, -0.25) is 4.79 Å². The van der Waals surface area contributed by atoms with Crippen LogP contribution in [-0.2, 0) is 19.0 Å². The lowest BCUT2D eigenvalue weighted by Crippen LogP contribution is -2.31. The summed E-state index contributed by atoms with van der Waals surface area (Å²) in [6, 6.07) is 8.67. The van der Waals surface area contributed by atoms with Crippen LogP contribution in [0.25, 0.3) is 0 Å². The second-order valence-electron chi connectivity index (χ2n) is 6.39. The Balaban J connectivity index is 2.91. The minimum absolute atomic E-state index is 0.337. The van der Waals surface area contributed by atoms with E-state index in [0.717, 1.165) is 0 Å². The predicted octanol–water partition coefficient (Wildman–Crippen LogP) is 3.23. The molecule has 0 saturated heterocycles. The maximum absolute atomic E-state index is 12.3. The lowest BCUT2D eigenvalue weighted by atomic mass is 9.89. The van der Waals surface area contributed by atoms with Gasteiger partial charge in [0.05, 0.1) is 5.56 Å². The fourth-order valence-electron chi connectivity index (χ4n) is 1.87. The molecule has 0 fully saturated rings. The Kier molecular flexibility index (Phi) is 8.33. The molecule has 136 valence electrons. The molecule has 0 heterocycles. The maximum atomic E-state index is 12.3. The molecule has 0 aliphatic heterocycles. The third kappa shape index (κ3) is 7.08. The maximum Gasteiger partial charge on any atom is 0.339 e. The Hall–Kier alpha value is -2.16. The van der Waals surface area contributed by atoms with Gasteiger partial charge in [0.2, 0.25) is 6.29 Å². The van der Waals surface area contributed by atoms with Crippen LogP contribution in [0.15, 0.2) is 30.3 Å². The van der Waals surface area contributed by atoms with Crippen molar-refractivity contribution >= 4 is 11.8 Å². The van der Waals surface area contributed by atoms with Crippen LogP contribution in [0.5, 0.6) is 0 Å². The number of hydrogen-bond acceptors (Lipinski definition) is 5. The monoisotopic (exact) mass is 346 g/mol. The Morgan fingerprint density at radius 1 is 1.04 bits per heavy atom. The van der Waals surface area contributed by atoms with Gasteiger partial charge in [0.15, 0.2) is 6.10 Å². The highest BCUT2D eigenvalue weighted by molar-refractivity contribution is 5.98. The van der Waals surface area contributed by atoms with E-state index in [-0.39, 0.29) is 0 Å². The van der Waals surface area contributed by atoms with E-state index in [1.165, 1.54) is 0 Å². The van der Waals surface area contributed by atoms with Crippen molar-refractivity contribution in [2.45, 2.75) is 47.0 Å². The number of esters is 1. The van der Waals surface area contributed by atoms with Crippen molar-refractivity contribution in [1.82, 2.24) is 0 Å². The number of Topliss-reactive ketones (excluding diaryl/α,β-unsaturated/α-hetero) is 1. The van der Waals surface area contributed by atoms with Gasteiger partial charge in [-0.2, -0.15) is 0 Å². The second-order valence-corrected chi connectivity index (χ2v) is 6.39. The molecule has 1 aromatic carbocycles. The lowest BCUT2D eigenvalue weighted by molar-refractivity contribution is -0.162. The quantitative estimate of drug-likeness (QED) is 0.328. The molecule has 1 rings (SSSR count). The van der Waals surface area contributed by atoms with Gasteiger partial charge < -0.3 is 14.2 Å². The fourth-order valence-corrected chi connectivity index (χ4v) is 1.87. The standard InChI is InChI=1S/C20H26O5/c1-6-23-19(24-7-2)16(21)13-14-17(20(3,4)5)25-18(22)15-11-9-8-10-12-15/h8-12,17,19H,6-7H2,1-5H3. The van der Waals surface area contributed by atoms with Crippen LogP contribution in [0.1, 0.15) is 45.0 Å². The smallest absolute Gasteiger partial charge is 0.339 e. The van der Waals surface area contributed by atoms with Gasteiger partial charge >= 0.3 is 5.97 Å². The molecule has 5 nitrogen and oxygen atoms in total. The number of rotatable bonds is 7. The van der Waals surface area contributed by atoms with Gasteiger partial charge in [0, 0.05) is 18.6 Å². The first-order valence-corrected chi connectivity index (χ1v) is 8.34. The van der Waals surface area contributed by atoms with Crippen molar-refractivity contribution in [3.8, 4) is 11.8 Å². The highest BCUT2D eigenvalue weighted by Crippen LogP contribution is 2.23. The number of hydrogen-bond donors (Lipinski definition) is 0. The summed E-state index contributed by atoms with van der Waals surface area (Å²) in [7, 11) is 0. The van der Waals surface area contributed by atoms with Crippen LogP contribution in [0.2, 0.25) is 0 Å². The molecule has 1 aromatic rings. The van der Waals surface area contributed by atoms with Crippen LogP contribution >= 0.6 is 0 Å². The van der Waals surface area contributed by atoms with Crippen molar-refractivity contribution in [3.63, 3.8) is 0 Å². The zero-order valence-electron chi connectivity index (χ0n) is 15.5. The third-order valence-electron chi connectivity index (χ3n) is 3.20. The summed E-state index contributed by atoms with van der Waals surface area (Å²) in [5.41, 5.74) is -0.0175. The Morgan fingerprint density at radius 2 is 1.60 bits per heavy atom. The molecule has 5 heteroatoms. The van der Waals surface area contributed by atoms with Crippen molar-refractivity contribution in [1.29, 1.82) is 0 Å². The molecule has 0 saturated carbocycles. The zero-order chi connectivity index (χ0) is 18.9. The van der Waals surface area contributed by atoms with Crippen molar-refractivity contribution < 1.29 is 23.8 Å². The summed E-state index contributed by atoms with van der Waals surface area (Å²) in [5, 5.41) is 0. The SMILES string of the molecule is CCOC(OCC)C(=O)C#CC(OC(=O)c1ccccc1)C(C)(C)C. The minimum Gasteiger partial charge on any atom is -0.445 e. The normalized spacial score (nSPS) is 12.2. The van der Waals surface area contributed by atoms with E-state index in [0.29, 0.717) is 18.8 Å². The van der Waals surface area contributed by atoms with Gasteiger partial charge in [-0.05, 0) is 37.8 Å². The molecule has 1 atom stereocenters.